The van der Waals surface area contributed by atoms with Crippen molar-refractivity contribution in [1.29, 1.82) is 0 Å². The van der Waals surface area contributed by atoms with Crippen LogP contribution in [-0.4, -0.2) is 60.6 Å². The van der Waals surface area contributed by atoms with Crippen LogP contribution in [0.4, 0.5) is 4.39 Å². The largest absolute Gasteiger partial charge is 0.301 e. The molecule has 1 heterocycles. The van der Waals surface area contributed by atoms with E-state index in [9.17, 15) is 14.0 Å². The minimum Gasteiger partial charge on any atom is -0.301 e. The highest BCUT2D eigenvalue weighted by atomic mass is 19.1. The summed E-state index contributed by atoms with van der Waals surface area (Å²) in [5, 5.41) is 0. The summed E-state index contributed by atoms with van der Waals surface area (Å²) in [6, 6.07) is 5.80. The Labute approximate surface area is 172 Å². The third-order valence-electron chi connectivity index (χ3n) is 6.51. The molecule has 1 aromatic rings. The van der Waals surface area contributed by atoms with E-state index in [1.165, 1.54) is 17.7 Å². The normalized spacial score (nSPS) is 24.7. The Morgan fingerprint density at radius 3 is 2.41 bits per heavy atom. The summed E-state index contributed by atoms with van der Waals surface area (Å²) in [4.78, 5) is 29.5. The van der Waals surface area contributed by atoms with E-state index in [1.54, 1.807) is 12.1 Å². The van der Waals surface area contributed by atoms with Gasteiger partial charge >= 0.3 is 0 Å². The third kappa shape index (κ3) is 4.90. The first-order chi connectivity index (χ1) is 14.1. The number of ketones is 2. The Balaban J connectivity index is 1.12. The van der Waals surface area contributed by atoms with E-state index in [0.29, 0.717) is 17.8 Å². The van der Waals surface area contributed by atoms with E-state index in [0.717, 1.165) is 58.5 Å². The molecule has 2 atom stereocenters. The fourth-order valence-electron chi connectivity index (χ4n) is 4.69. The molecule has 1 saturated carbocycles. The third-order valence-corrected chi connectivity index (χ3v) is 6.51. The summed E-state index contributed by atoms with van der Waals surface area (Å²) in [5.74, 6) is 0.462. The average Bonchev–Trinajstić information content (AvgIpc) is 3.31. The summed E-state index contributed by atoms with van der Waals surface area (Å²) in [6.45, 7) is 6.00. The Kier molecular flexibility index (Phi) is 6.36. The molecule has 5 heteroatoms. The number of halogens is 1. The minimum atomic E-state index is -0.312. The van der Waals surface area contributed by atoms with Gasteiger partial charge in [-0.25, -0.2) is 4.39 Å². The van der Waals surface area contributed by atoms with Crippen LogP contribution >= 0.6 is 0 Å². The number of hydrogen-bond acceptors (Lipinski definition) is 4. The van der Waals surface area contributed by atoms with E-state index >= 15 is 0 Å². The second-order valence-corrected chi connectivity index (χ2v) is 8.41. The maximum absolute atomic E-state index is 12.9. The lowest BCUT2D eigenvalue weighted by molar-refractivity contribution is -0.122. The van der Waals surface area contributed by atoms with E-state index < -0.39 is 0 Å². The molecule has 1 aliphatic heterocycles. The summed E-state index contributed by atoms with van der Waals surface area (Å²) in [6.07, 6.45) is 9.41. The molecule has 2 aliphatic carbocycles. The molecule has 2 unspecified atom stereocenters. The number of carbonyl (C=O) groups excluding carboxylic acids is 2. The van der Waals surface area contributed by atoms with Gasteiger partial charge in [0.15, 0.2) is 5.78 Å². The lowest BCUT2D eigenvalue weighted by Gasteiger charge is -2.35. The van der Waals surface area contributed by atoms with Crippen molar-refractivity contribution in [2.45, 2.75) is 25.7 Å². The second-order valence-electron chi connectivity index (χ2n) is 8.41. The van der Waals surface area contributed by atoms with Gasteiger partial charge in [-0.1, -0.05) is 23.8 Å². The summed E-state index contributed by atoms with van der Waals surface area (Å²) < 4.78 is 12.9. The molecule has 1 aromatic carbocycles. The van der Waals surface area contributed by atoms with Crippen molar-refractivity contribution in [3.63, 3.8) is 0 Å². The minimum absolute atomic E-state index is 0.0782. The van der Waals surface area contributed by atoms with Crippen LogP contribution in [0.15, 0.2) is 48.1 Å². The van der Waals surface area contributed by atoms with Gasteiger partial charge in [0.1, 0.15) is 11.6 Å². The van der Waals surface area contributed by atoms with E-state index in [1.807, 2.05) is 12.2 Å². The molecule has 4 nitrogen and oxygen atoms in total. The molecular weight excluding hydrogens is 367 g/mol. The summed E-state index contributed by atoms with van der Waals surface area (Å²) >= 11 is 0. The van der Waals surface area contributed by atoms with Gasteiger partial charge in [0.05, 0.1) is 5.92 Å². The lowest BCUT2D eigenvalue weighted by atomic mass is 9.99. The van der Waals surface area contributed by atoms with Crippen molar-refractivity contribution in [1.82, 2.24) is 9.80 Å². The lowest BCUT2D eigenvalue weighted by Crippen LogP contribution is -2.47. The van der Waals surface area contributed by atoms with E-state index in [2.05, 4.69) is 15.9 Å². The number of piperazine rings is 1. The van der Waals surface area contributed by atoms with Crippen molar-refractivity contribution in [2.24, 2.45) is 11.8 Å². The van der Waals surface area contributed by atoms with Crippen molar-refractivity contribution < 1.29 is 14.0 Å². The van der Waals surface area contributed by atoms with E-state index in [-0.39, 0.29) is 23.4 Å². The molecule has 29 heavy (non-hydrogen) atoms. The van der Waals surface area contributed by atoms with Gasteiger partial charge in [0, 0.05) is 44.1 Å². The summed E-state index contributed by atoms with van der Waals surface area (Å²) in [7, 11) is 0. The van der Waals surface area contributed by atoms with Crippen LogP contribution < -0.4 is 0 Å². The van der Waals surface area contributed by atoms with Gasteiger partial charge in [-0.15, -0.1) is 0 Å². The fraction of sp³-hybridized carbons (Fsp3) is 0.500. The van der Waals surface area contributed by atoms with Crippen molar-refractivity contribution >= 4 is 11.6 Å². The van der Waals surface area contributed by atoms with Crippen LogP contribution in [0.2, 0.25) is 0 Å². The number of benzene rings is 1. The molecule has 0 spiro atoms. The van der Waals surface area contributed by atoms with Crippen LogP contribution in [-0.2, 0) is 4.79 Å². The SMILES string of the molecule is O=C(CCCN1CCN(CCC2CC3=CC=CC3C2=O)CC1)c1ccc(F)cc1. The number of Topliss-reactive ketones (excluding diaryl/α,β-unsaturated/α-hetero) is 2. The van der Waals surface area contributed by atoms with Crippen molar-refractivity contribution in [3.8, 4) is 0 Å². The molecule has 2 fully saturated rings. The van der Waals surface area contributed by atoms with Crippen LogP contribution in [0.25, 0.3) is 0 Å². The monoisotopic (exact) mass is 396 g/mol. The Bertz CT molecular complexity index is 807. The Hall–Kier alpha value is -2.11. The van der Waals surface area contributed by atoms with Gasteiger partial charge < -0.3 is 9.80 Å². The maximum atomic E-state index is 12.9. The summed E-state index contributed by atoms with van der Waals surface area (Å²) in [5.41, 5.74) is 1.90. The molecule has 4 rings (SSSR count). The highest BCUT2D eigenvalue weighted by molar-refractivity contribution is 5.96. The van der Waals surface area contributed by atoms with Gasteiger partial charge in [-0.2, -0.15) is 0 Å². The number of allylic oxidation sites excluding steroid dienone is 4. The number of carbonyl (C=O) groups is 2. The van der Waals surface area contributed by atoms with Gasteiger partial charge in [0.25, 0.3) is 0 Å². The molecule has 0 bridgehead atoms. The highest BCUT2D eigenvalue weighted by Crippen LogP contribution is 2.38. The number of hydrogen-bond donors (Lipinski definition) is 0. The average molecular weight is 397 g/mol. The van der Waals surface area contributed by atoms with Crippen LogP contribution in [0.1, 0.15) is 36.0 Å². The first-order valence-corrected chi connectivity index (χ1v) is 10.7. The Morgan fingerprint density at radius 2 is 1.72 bits per heavy atom. The zero-order valence-corrected chi connectivity index (χ0v) is 16.9. The van der Waals surface area contributed by atoms with E-state index in [4.69, 9.17) is 0 Å². The van der Waals surface area contributed by atoms with Gasteiger partial charge in [-0.3, -0.25) is 9.59 Å². The van der Waals surface area contributed by atoms with Gasteiger partial charge in [-0.05, 0) is 56.6 Å². The number of fused-ring (bicyclic) bond motifs is 1. The molecular formula is C24H29FN2O2. The molecule has 1 saturated heterocycles. The maximum Gasteiger partial charge on any atom is 0.162 e. The smallest absolute Gasteiger partial charge is 0.162 e. The molecule has 0 amide bonds. The molecule has 0 radical (unpaired) electrons. The topological polar surface area (TPSA) is 40.6 Å². The van der Waals surface area contributed by atoms with Crippen molar-refractivity contribution in [2.75, 3.05) is 39.3 Å². The van der Waals surface area contributed by atoms with Crippen molar-refractivity contribution in [3.05, 3.63) is 59.4 Å². The zero-order valence-electron chi connectivity index (χ0n) is 16.9. The molecule has 0 aromatic heterocycles. The number of nitrogens with zero attached hydrogens (tertiary/aromatic N) is 2. The fourth-order valence-corrected chi connectivity index (χ4v) is 4.69. The molecule has 3 aliphatic rings. The first kappa shape index (κ1) is 20.2. The standard InChI is InChI=1S/C24H29FN2O2/c25-21-8-6-18(7-9-21)23(28)5-2-11-26-13-15-27(16-14-26)12-10-20-17-19-3-1-4-22(19)24(20)29/h1,3-4,6-9,20,22H,2,5,10-17H2. The van der Waals surface area contributed by atoms with Gasteiger partial charge in [0.2, 0.25) is 0 Å². The van der Waals surface area contributed by atoms with Crippen LogP contribution in [0.3, 0.4) is 0 Å². The highest BCUT2D eigenvalue weighted by Gasteiger charge is 2.37. The van der Waals surface area contributed by atoms with Crippen LogP contribution in [0, 0.1) is 17.7 Å². The predicted octanol–water partition coefficient (Wildman–Crippen LogP) is 3.50. The second kappa shape index (κ2) is 9.14. The number of rotatable bonds is 8. The quantitative estimate of drug-likeness (QED) is 0.631. The van der Waals surface area contributed by atoms with Crippen LogP contribution in [0.5, 0.6) is 0 Å². The zero-order chi connectivity index (χ0) is 20.2. The Morgan fingerprint density at radius 1 is 1.03 bits per heavy atom. The molecule has 154 valence electrons. The first-order valence-electron chi connectivity index (χ1n) is 10.7. The predicted molar refractivity (Wildman–Crippen MR) is 111 cm³/mol. The molecule has 0 N–H and O–H groups in total.